The summed E-state index contributed by atoms with van der Waals surface area (Å²) in [6.45, 7) is 30.1. The minimum absolute atomic E-state index is 0.0974. The molecule has 2 N–H and O–H groups in total. The van der Waals surface area contributed by atoms with Gasteiger partial charge in [0.1, 0.15) is 16.7 Å². The van der Waals surface area contributed by atoms with Crippen molar-refractivity contribution in [3.05, 3.63) is 100 Å². The zero-order valence-corrected chi connectivity index (χ0v) is 35.2. The number of sulfonamides is 1. The van der Waals surface area contributed by atoms with Gasteiger partial charge in [0.2, 0.25) is 5.69 Å². The van der Waals surface area contributed by atoms with Gasteiger partial charge in [0, 0.05) is 16.1 Å². The molecule has 2 atom stereocenters. The van der Waals surface area contributed by atoms with Crippen molar-refractivity contribution >= 4 is 44.8 Å². The Hall–Kier alpha value is -4.53. The highest BCUT2D eigenvalue weighted by atomic mass is 32.2. The molecule has 3 aromatic carbocycles. The molecular weight excluding hydrogens is 727 g/mol. The van der Waals surface area contributed by atoms with Crippen molar-refractivity contribution in [1.82, 2.24) is 14.6 Å². The Morgan fingerprint density at radius 2 is 1.62 bits per heavy atom. The minimum atomic E-state index is -3.79. The number of rotatable bonds is 10. The van der Waals surface area contributed by atoms with E-state index < -0.39 is 16.0 Å². The number of carbonyl (C=O) groups excluding carboxylic acids is 1. The highest BCUT2D eigenvalue weighted by Gasteiger charge is 2.37. The number of nitrogens with zero attached hydrogens (tertiary/aromatic N) is 3. The van der Waals surface area contributed by atoms with Crippen molar-refractivity contribution in [2.24, 2.45) is 23.2 Å². The molecule has 0 bridgehead atoms. The number of nitrogens with one attached hydrogen (secondary N) is 2. The molecule has 2 aromatic heterocycles. The van der Waals surface area contributed by atoms with E-state index in [9.17, 15) is 13.2 Å². The molecule has 0 aliphatic heterocycles. The first kappa shape index (κ1) is 40.1. The highest BCUT2D eigenvalue weighted by molar-refractivity contribution is 7.99. The van der Waals surface area contributed by atoms with Crippen LogP contribution in [0.5, 0.6) is 0 Å². The van der Waals surface area contributed by atoms with Crippen molar-refractivity contribution in [3.8, 4) is 11.4 Å². The molecule has 0 amide bonds. The van der Waals surface area contributed by atoms with Crippen LogP contribution in [-0.4, -0.2) is 35.1 Å². The number of anilines is 1. The van der Waals surface area contributed by atoms with E-state index in [0.29, 0.717) is 33.7 Å². The average molecular weight is 780 g/mol. The second-order valence-electron chi connectivity index (χ2n) is 17.5. The molecular formula is C44H53N5O4S2. The molecule has 1 aliphatic carbocycles. The topological polar surface area (TPSA) is 110 Å². The van der Waals surface area contributed by atoms with Crippen LogP contribution in [0.1, 0.15) is 102 Å². The van der Waals surface area contributed by atoms with Crippen LogP contribution in [0.25, 0.3) is 21.9 Å². The Kier molecular flexibility index (Phi) is 11.1. The summed E-state index contributed by atoms with van der Waals surface area (Å²) in [5.74, 6) is 0.826. The van der Waals surface area contributed by atoms with Gasteiger partial charge in [0.15, 0.2) is 11.5 Å². The zero-order chi connectivity index (χ0) is 40.0. The summed E-state index contributed by atoms with van der Waals surface area (Å²) in [7, 11) is -3.79. The largest absolute Gasteiger partial charge is 0.459 e. The molecule has 11 heteroatoms. The first-order valence-corrected chi connectivity index (χ1v) is 21.3. The Morgan fingerprint density at radius 3 is 2.22 bits per heavy atom. The summed E-state index contributed by atoms with van der Waals surface area (Å²) in [5.41, 5.74) is 4.97. The zero-order valence-electron chi connectivity index (χ0n) is 33.6. The monoisotopic (exact) mass is 779 g/mol. The number of aromatic nitrogens is 3. The number of carbonyl (C=O) groups is 1. The average Bonchev–Trinajstić information content (AvgIpc) is 3.64. The SMILES string of the molecule is [C-]#[N+]c1c(C(=O)OC2C(C)CC(C)CC2C)c2nc(-c3ccc(NS(=O)(=O)c4ccc(C)cc4)cc3)[nH]n2c1Sc1cc(C(C)(C)CC(C)(C)C)ccc1C. The molecule has 2 unspecified atom stereocenters. The number of hydrogen-bond donors (Lipinski definition) is 2. The van der Waals surface area contributed by atoms with Gasteiger partial charge in [-0.25, -0.2) is 27.6 Å². The minimum Gasteiger partial charge on any atom is -0.459 e. The van der Waals surface area contributed by atoms with Crippen LogP contribution < -0.4 is 4.72 Å². The summed E-state index contributed by atoms with van der Waals surface area (Å²) >= 11 is 1.44. The fourth-order valence-electron chi connectivity index (χ4n) is 8.39. The molecule has 290 valence electrons. The van der Waals surface area contributed by atoms with Crippen LogP contribution in [0.3, 0.4) is 0 Å². The highest BCUT2D eigenvalue weighted by Crippen LogP contribution is 2.45. The van der Waals surface area contributed by atoms with Crippen molar-refractivity contribution in [1.29, 1.82) is 0 Å². The van der Waals surface area contributed by atoms with Crippen LogP contribution in [-0.2, 0) is 20.2 Å². The molecule has 5 aromatic rings. The smallest absolute Gasteiger partial charge is 0.331 e. The fraction of sp³-hybridized carbons (Fsp3) is 0.432. The van der Waals surface area contributed by atoms with E-state index in [1.54, 1.807) is 53.0 Å². The number of aromatic amines is 1. The summed E-state index contributed by atoms with van der Waals surface area (Å²) in [6, 6.07) is 20.1. The van der Waals surface area contributed by atoms with E-state index in [4.69, 9.17) is 16.3 Å². The molecule has 1 saturated carbocycles. The number of fused-ring (bicyclic) bond motifs is 1. The van der Waals surface area contributed by atoms with Crippen LogP contribution in [0.2, 0.25) is 0 Å². The van der Waals surface area contributed by atoms with Crippen molar-refractivity contribution < 1.29 is 17.9 Å². The van der Waals surface area contributed by atoms with Crippen LogP contribution in [0.15, 0.2) is 81.5 Å². The maximum absolute atomic E-state index is 14.3. The summed E-state index contributed by atoms with van der Waals surface area (Å²) < 4.78 is 36.8. The van der Waals surface area contributed by atoms with Gasteiger partial charge in [-0.3, -0.25) is 9.82 Å². The lowest BCUT2D eigenvalue weighted by Gasteiger charge is -2.37. The van der Waals surface area contributed by atoms with E-state index in [-0.39, 0.29) is 44.9 Å². The number of esters is 1. The van der Waals surface area contributed by atoms with Gasteiger partial charge < -0.3 is 4.74 Å². The molecule has 0 saturated heterocycles. The van der Waals surface area contributed by atoms with Gasteiger partial charge in [-0.1, -0.05) is 97.0 Å². The van der Waals surface area contributed by atoms with Crippen LogP contribution in [0, 0.1) is 43.6 Å². The third-order valence-corrected chi connectivity index (χ3v) is 13.3. The number of H-pyrrole nitrogens is 1. The Bertz CT molecular complexity index is 2350. The van der Waals surface area contributed by atoms with E-state index in [1.807, 2.05) is 6.92 Å². The lowest BCUT2D eigenvalue weighted by atomic mass is 9.72. The van der Waals surface area contributed by atoms with Gasteiger partial charge in [0.05, 0.1) is 11.5 Å². The lowest BCUT2D eigenvalue weighted by molar-refractivity contribution is -0.0249. The molecule has 9 nitrogen and oxygen atoms in total. The van der Waals surface area contributed by atoms with E-state index >= 15 is 0 Å². The first-order valence-electron chi connectivity index (χ1n) is 19.0. The Labute approximate surface area is 330 Å². The quantitative estimate of drug-likeness (QED) is 0.108. The van der Waals surface area contributed by atoms with Crippen molar-refractivity contribution in [2.75, 3.05) is 4.72 Å². The van der Waals surface area contributed by atoms with Crippen molar-refractivity contribution in [3.63, 3.8) is 0 Å². The second kappa shape index (κ2) is 15.2. The standard InChI is InChI=1S/C44H53N5O4S2/c1-26-12-20-34(21-13-26)55(51,52)48-33-18-15-31(16-19-33)39-46-40-36(42(50)53-38-29(4)22-27(2)23-30(38)5)37(45-11)41(49(40)47-39)54-35-24-32(17-14-28(35)3)44(9,10)25-43(6,7)8/h12-21,24,27,29-30,38,48H,22-23,25H2,1-10H3,(H,46,47). The van der Waals surface area contributed by atoms with Gasteiger partial charge >= 0.3 is 5.97 Å². The predicted molar refractivity (Wildman–Crippen MR) is 222 cm³/mol. The first-order chi connectivity index (χ1) is 25.8. The van der Waals surface area contributed by atoms with E-state index in [1.165, 1.54) is 17.3 Å². The molecule has 0 radical (unpaired) electrons. The number of aryl methyl sites for hydroxylation is 2. The lowest BCUT2D eigenvalue weighted by Crippen LogP contribution is -2.37. The predicted octanol–water partition coefficient (Wildman–Crippen LogP) is 11.4. The fourth-order valence-corrected chi connectivity index (χ4v) is 10.5. The van der Waals surface area contributed by atoms with E-state index in [2.05, 4.69) is 95.2 Å². The summed E-state index contributed by atoms with van der Waals surface area (Å²) in [5, 5.41) is 3.91. The number of ether oxygens (including phenoxy) is 1. The second-order valence-corrected chi connectivity index (χ2v) is 20.2. The Morgan fingerprint density at radius 1 is 0.982 bits per heavy atom. The molecule has 55 heavy (non-hydrogen) atoms. The van der Waals surface area contributed by atoms with Gasteiger partial charge in [-0.2, -0.15) is 0 Å². The maximum Gasteiger partial charge on any atom is 0.331 e. The molecule has 6 rings (SSSR count). The van der Waals surface area contributed by atoms with Gasteiger partial charge in [0.25, 0.3) is 10.0 Å². The van der Waals surface area contributed by atoms with Crippen LogP contribution in [0.4, 0.5) is 11.4 Å². The third-order valence-electron chi connectivity index (χ3n) is 10.6. The number of benzene rings is 3. The molecule has 1 aliphatic rings. The maximum atomic E-state index is 14.3. The Balaban J connectivity index is 1.41. The van der Waals surface area contributed by atoms with E-state index in [0.717, 1.165) is 35.3 Å². The van der Waals surface area contributed by atoms with Crippen LogP contribution >= 0.6 is 11.8 Å². The molecule has 0 spiro atoms. The number of hydrogen-bond acceptors (Lipinski definition) is 6. The normalized spacial score (nSPS) is 19.3. The summed E-state index contributed by atoms with van der Waals surface area (Å²) in [4.78, 5) is 24.3. The molecule has 2 heterocycles. The summed E-state index contributed by atoms with van der Waals surface area (Å²) in [6.07, 6.45) is 2.65. The van der Waals surface area contributed by atoms with Crippen molar-refractivity contribution in [2.45, 2.75) is 115 Å². The van der Waals surface area contributed by atoms with Gasteiger partial charge in [-0.15, -0.1) is 0 Å². The molecule has 1 fully saturated rings. The third kappa shape index (κ3) is 8.66. The van der Waals surface area contributed by atoms with Gasteiger partial charge in [-0.05, 0) is 115 Å².